The molecule has 0 aliphatic rings. The van der Waals surface area contributed by atoms with Gasteiger partial charge in [0.1, 0.15) is 0 Å². The predicted octanol–water partition coefficient (Wildman–Crippen LogP) is 4.38. The monoisotopic (exact) mass is 313 g/mol. The zero-order valence-corrected chi connectivity index (χ0v) is 11.1. The highest BCUT2D eigenvalue weighted by Gasteiger charge is 2.06. The van der Waals surface area contributed by atoms with Gasteiger partial charge in [0.05, 0.1) is 5.52 Å². The van der Waals surface area contributed by atoms with E-state index in [9.17, 15) is 0 Å². The van der Waals surface area contributed by atoms with E-state index in [0.717, 1.165) is 25.5 Å². The topological polar surface area (TPSA) is 12.9 Å². The molecule has 0 unspecified atom stereocenters. The summed E-state index contributed by atoms with van der Waals surface area (Å²) in [4.78, 5) is 4.54. The summed E-state index contributed by atoms with van der Waals surface area (Å²) in [6.45, 7) is 4.08. The number of aryl methyl sites for hydroxylation is 2. The molecule has 3 heteroatoms. The van der Waals surface area contributed by atoms with Gasteiger partial charge in [0.15, 0.2) is 0 Å². The van der Waals surface area contributed by atoms with E-state index in [2.05, 4.69) is 55.9 Å². The Hall–Kier alpha value is -0.410. The van der Waals surface area contributed by atoms with Gasteiger partial charge in [-0.15, -0.1) is 0 Å². The summed E-state index contributed by atoms with van der Waals surface area (Å²) >= 11 is 7.06. The third-order valence-electron chi connectivity index (χ3n) is 2.25. The second kappa shape index (κ2) is 3.63. The van der Waals surface area contributed by atoms with E-state index >= 15 is 0 Å². The van der Waals surface area contributed by atoms with Crippen molar-refractivity contribution in [2.24, 2.45) is 0 Å². The van der Waals surface area contributed by atoms with Gasteiger partial charge < -0.3 is 0 Å². The van der Waals surface area contributed by atoms with Gasteiger partial charge in [-0.1, -0.05) is 37.9 Å². The van der Waals surface area contributed by atoms with Gasteiger partial charge in [0.2, 0.25) is 0 Å². The van der Waals surface area contributed by atoms with Gasteiger partial charge in [0, 0.05) is 20.0 Å². The molecule has 1 aromatic carbocycles. The van der Waals surface area contributed by atoms with E-state index < -0.39 is 0 Å². The number of hydrogen-bond acceptors (Lipinski definition) is 1. The van der Waals surface area contributed by atoms with Crippen LogP contribution in [0, 0.1) is 13.8 Å². The van der Waals surface area contributed by atoms with Crippen molar-refractivity contribution in [1.29, 1.82) is 0 Å². The number of hydrogen-bond donors (Lipinski definition) is 0. The van der Waals surface area contributed by atoms with Crippen LogP contribution in [0.1, 0.15) is 11.3 Å². The molecule has 0 aliphatic carbocycles. The predicted molar refractivity (Wildman–Crippen MR) is 66.6 cm³/mol. The highest BCUT2D eigenvalue weighted by atomic mass is 79.9. The number of fused-ring (bicyclic) bond motifs is 1. The van der Waals surface area contributed by atoms with Crippen LogP contribution in [0.2, 0.25) is 0 Å². The van der Waals surface area contributed by atoms with Gasteiger partial charge in [-0.25, -0.2) is 0 Å². The normalized spacial score (nSPS) is 10.9. The SMILES string of the molecule is Cc1cc(Br)c2ccc(Br)c(C)c2n1. The fourth-order valence-electron chi connectivity index (χ4n) is 1.48. The van der Waals surface area contributed by atoms with Crippen LogP contribution in [0.3, 0.4) is 0 Å². The van der Waals surface area contributed by atoms with Crippen molar-refractivity contribution < 1.29 is 0 Å². The van der Waals surface area contributed by atoms with Gasteiger partial charge in [-0.05, 0) is 31.5 Å². The van der Waals surface area contributed by atoms with Crippen molar-refractivity contribution in [3.63, 3.8) is 0 Å². The van der Waals surface area contributed by atoms with E-state index in [1.165, 1.54) is 5.56 Å². The lowest BCUT2D eigenvalue weighted by atomic mass is 10.1. The minimum absolute atomic E-state index is 1.03. The minimum Gasteiger partial charge on any atom is -0.253 e. The van der Waals surface area contributed by atoms with Crippen molar-refractivity contribution in [2.75, 3.05) is 0 Å². The Bertz CT molecular complexity index is 506. The molecule has 0 amide bonds. The van der Waals surface area contributed by atoms with Crippen LogP contribution < -0.4 is 0 Å². The highest BCUT2D eigenvalue weighted by molar-refractivity contribution is 9.11. The highest BCUT2D eigenvalue weighted by Crippen LogP contribution is 2.29. The van der Waals surface area contributed by atoms with Crippen LogP contribution >= 0.6 is 31.9 Å². The molecule has 1 aromatic heterocycles. The van der Waals surface area contributed by atoms with Crippen molar-refractivity contribution in [3.05, 3.63) is 38.4 Å². The van der Waals surface area contributed by atoms with E-state index in [-0.39, 0.29) is 0 Å². The fraction of sp³-hybridized carbons (Fsp3) is 0.182. The molecule has 14 heavy (non-hydrogen) atoms. The van der Waals surface area contributed by atoms with Crippen molar-refractivity contribution in [1.82, 2.24) is 4.98 Å². The molecule has 0 spiro atoms. The van der Waals surface area contributed by atoms with E-state index in [1.54, 1.807) is 0 Å². The number of rotatable bonds is 0. The number of benzene rings is 1. The summed E-state index contributed by atoms with van der Waals surface area (Å²) in [5.74, 6) is 0. The molecule has 0 atom stereocenters. The molecule has 2 rings (SSSR count). The molecule has 0 saturated heterocycles. The Morgan fingerprint density at radius 2 is 1.79 bits per heavy atom. The molecule has 0 bridgehead atoms. The quantitative estimate of drug-likeness (QED) is 0.703. The van der Waals surface area contributed by atoms with Crippen LogP contribution in [0.25, 0.3) is 10.9 Å². The Morgan fingerprint density at radius 3 is 2.50 bits per heavy atom. The minimum atomic E-state index is 1.03. The Balaban J connectivity index is 2.95. The molecule has 0 N–H and O–H groups in total. The molecular weight excluding hydrogens is 306 g/mol. The first kappa shape index (κ1) is 10.1. The lowest BCUT2D eigenvalue weighted by Gasteiger charge is -2.06. The summed E-state index contributed by atoms with van der Waals surface area (Å²) in [7, 11) is 0. The number of nitrogens with zero attached hydrogens (tertiary/aromatic N) is 1. The summed E-state index contributed by atoms with van der Waals surface area (Å²) in [6, 6.07) is 6.16. The van der Waals surface area contributed by atoms with Crippen LogP contribution in [0.5, 0.6) is 0 Å². The summed E-state index contributed by atoms with van der Waals surface area (Å²) in [5.41, 5.74) is 3.28. The molecule has 0 radical (unpaired) electrons. The zero-order valence-electron chi connectivity index (χ0n) is 7.94. The molecular formula is C11H9Br2N. The first-order valence-corrected chi connectivity index (χ1v) is 5.90. The molecule has 1 heterocycles. The second-order valence-corrected chi connectivity index (χ2v) is 5.02. The third kappa shape index (κ3) is 1.59. The van der Waals surface area contributed by atoms with E-state index in [1.807, 2.05) is 13.0 Å². The molecule has 2 aromatic rings. The first-order chi connectivity index (χ1) is 6.59. The van der Waals surface area contributed by atoms with Gasteiger partial charge in [-0.3, -0.25) is 4.98 Å². The zero-order chi connectivity index (χ0) is 10.3. The third-order valence-corrected chi connectivity index (χ3v) is 3.76. The molecule has 0 fully saturated rings. The van der Waals surface area contributed by atoms with E-state index in [4.69, 9.17) is 0 Å². The lowest BCUT2D eigenvalue weighted by Crippen LogP contribution is -1.88. The van der Waals surface area contributed by atoms with Crippen LogP contribution in [-0.4, -0.2) is 4.98 Å². The molecule has 72 valence electrons. The molecule has 0 aliphatic heterocycles. The van der Waals surface area contributed by atoms with Gasteiger partial charge in [0.25, 0.3) is 0 Å². The molecule has 0 saturated carbocycles. The van der Waals surface area contributed by atoms with Gasteiger partial charge in [-0.2, -0.15) is 0 Å². The number of halogens is 2. The average molecular weight is 315 g/mol. The van der Waals surface area contributed by atoms with Crippen molar-refractivity contribution in [3.8, 4) is 0 Å². The standard InChI is InChI=1S/C11H9Br2N/c1-6-5-10(13)8-3-4-9(12)7(2)11(8)14-6/h3-5H,1-2H3. The van der Waals surface area contributed by atoms with Crippen LogP contribution in [0.4, 0.5) is 0 Å². The van der Waals surface area contributed by atoms with Crippen molar-refractivity contribution >= 4 is 42.8 Å². The van der Waals surface area contributed by atoms with Crippen molar-refractivity contribution in [2.45, 2.75) is 13.8 Å². The number of pyridine rings is 1. The second-order valence-electron chi connectivity index (χ2n) is 3.31. The average Bonchev–Trinajstić information content (AvgIpc) is 2.12. The summed E-state index contributed by atoms with van der Waals surface area (Å²) in [6.07, 6.45) is 0. The van der Waals surface area contributed by atoms with Crippen LogP contribution in [0.15, 0.2) is 27.1 Å². The Labute approximate surface area is 99.8 Å². The van der Waals surface area contributed by atoms with Crippen LogP contribution in [-0.2, 0) is 0 Å². The summed E-state index contributed by atoms with van der Waals surface area (Å²) in [5, 5.41) is 1.16. The summed E-state index contributed by atoms with van der Waals surface area (Å²) < 4.78 is 2.21. The fourth-order valence-corrected chi connectivity index (χ4v) is 2.45. The maximum atomic E-state index is 4.54. The van der Waals surface area contributed by atoms with E-state index in [0.29, 0.717) is 0 Å². The molecule has 1 nitrogen and oxygen atoms in total. The number of aromatic nitrogens is 1. The largest absolute Gasteiger partial charge is 0.253 e. The lowest BCUT2D eigenvalue weighted by molar-refractivity contribution is 1.23. The maximum absolute atomic E-state index is 4.54. The van der Waals surface area contributed by atoms with Gasteiger partial charge >= 0.3 is 0 Å². The Morgan fingerprint density at radius 1 is 1.07 bits per heavy atom. The Kier molecular flexibility index (Phi) is 2.62. The maximum Gasteiger partial charge on any atom is 0.0756 e. The first-order valence-electron chi connectivity index (χ1n) is 4.31. The smallest absolute Gasteiger partial charge is 0.0756 e.